The van der Waals surface area contributed by atoms with Gasteiger partial charge in [0.25, 0.3) is 10.0 Å². The van der Waals surface area contributed by atoms with Crippen LogP contribution in [0, 0.1) is 6.92 Å². The maximum absolute atomic E-state index is 13.9. The predicted molar refractivity (Wildman–Crippen MR) is 148 cm³/mol. The van der Waals surface area contributed by atoms with Gasteiger partial charge in [0.1, 0.15) is 18.3 Å². The van der Waals surface area contributed by atoms with E-state index >= 15 is 0 Å². The molecule has 0 fully saturated rings. The highest BCUT2D eigenvalue weighted by Crippen LogP contribution is 2.25. The molecule has 9 heteroatoms. The first kappa shape index (κ1) is 28.7. The number of likely N-dealkylation sites (N-methyl/N-ethyl adjacent to an activating group) is 1. The van der Waals surface area contributed by atoms with E-state index in [0.717, 1.165) is 15.4 Å². The van der Waals surface area contributed by atoms with E-state index in [0.29, 0.717) is 24.4 Å². The number of rotatable bonds is 12. The number of carbonyl (C=O) groups is 2. The molecular formula is C29H35N3O5S. The predicted octanol–water partition coefficient (Wildman–Crippen LogP) is 4.14. The molecule has 3 aromatic carbocycles. The van der Waals surface area contributed by atoms with Gasteiger partial charge in [0.15, 0.2) is 0 Å². The number of hydrogen-bond donors (Lipinski definition) is 1. The summed E-state index contributed by atoms with van der Waals surface area (Å²) in [6.45, 7) is 5.59. The Labute approximate surface area is 225 Å². The zero-order valence-electron chi connectivity index (χ0n) is 22.3. The number of methoxy groups -OCH3 is 1. The molecule has 0 aromatic heterocycles. The quantitative estimate of drug-likeness (QED) is 0.375. The maximum atomic E-state index is 13.9. The minimum Gasteiger partial charge on any atom is -0.497 e. The summed E-state index contributed by atoms with van der Waals surface area (Å²) >= 11 is 0. The molecule has 0 saturated heterocycles. The normalized spacial score (nSPS) is 11.9. The Kier molecular flexibility index (Phi) is 9.90. The van der Waals surface area contributed by atoms with Gasteiger partial charge in [-0.05, 0) is 62.2 Å². The molecule has 8 nitrogen and oxygen atoms in total. The van der Waals surface area contributed by atoms with Crippen LogP contribution in [0.3, 0.4) is 0 Å². The third kappa shape index (κ3) is 6.92. The van der Waals surface area contributed by atoms with E-state index in [4.69, 9.17) is 4.74 Å². The van der Waals surface area contributed by atoms with E-state index in [1.807, 2.05) is 32.9 Å². The van der Waals surface area contributed by atoms with Crippen molar-refractivity contribution >= 4 is 27.5 Å². The molecular weight excluding hydrogens is 502 g/mol. The average Bonchev–Trinajstić information content (AvgIpc) is 2.92. The lowest BCUT2D eigenvalue weighted by Crippen LogP contribution is -2.52. The van der Waals surface area contributed by atoms with Crippen molar-refractivity contribution in [3.63, 3.8) is 0 Å². The van der Waals surface area contributed by atoms with Gasteiger partial charge in [-0.2, -0.15) is 0 Å². The second-order valence-corrected chi connectivity index (χ2v) is 10.7. The number of sulfonamides is 1. The molecule has 3 rings (SSSR count). The van der Waals surface area contributed by atoms with Crippen molar-refractivity contribution in [3.05, 3.63) is 90.0 Å². The van der Waals surface area contributed by atoms with Gasteiger partial charge in [-0.1, -0.05) is 55.0 Å². The van der Waals surface area contributed by atoms with Crippen molar-refractivity contribution in [2.75, 3.05) is 24.5 Å². The van der Waals surface area contributed by atoms with E-state index < -0.39 is 28.5 Å². The van der Waals surface area contributed by atoms with Crippen molar-refractivity contribution in [1.29, 1.82) is 0 Å². The summed E-state index contributed by atoms with van der Waals surface area (Å²) in [6, 6.07) is 21.4. The van der Waals surface area contributed by atoms with Gasteiger partial charge in [0.05, 0.1) is 17.7 Å². The first-order valence-electron chi connectivity index (χ1n) is 12.6. The average molecular weight is 538 g/mol. The van der Waals surface area contributed by atoms with Crippen LogP contribution in [0.2, 0.25) is 0 Å². The van der Waals surface area contributed by atoms with E-state index in [-0.39, 0.29) is 17.3 Å². The molecule has 0 saturated carbocycles. The van der Waals surface area contributed by atoms with Crippen molar-refractivity contribution in [1.82, 2.24) is 10.2 Å². The summed E-state index contributed by atoms with van der Waals surface area (Å²) in [5, 5.41) is 2.80. The Bertz CT molecular complexity index is 1310. The molecule has 2 amide bonds. The molecule has 0 bridgehead atoms. The molecule has 38 heavy (non-hydrogen) atoms. The zero-order valence-corrected chi connectivity index (χ0v) is 23.1. The van der Waals surface area contributed by atoms with Gasteiger partial charge in [0.2, 0.25) is 11.8 Å². The number of amides is 2. The highest BCUT2D eigenvalue weighted by molar-refractivity contribution is 7.92. The standard InChI is InChI=1S/C29H35N3O5S/c1-5-27(29(34)30-6-2)31(20-23-14-16-25(37-4)17-15-23)28(33)21-32(24-10-8-7-9-11-24)38(35,36)26-18-12-22(3)13-19-26/h7-19,27H,5-6,20-21H2,1-4H3,(H,30,34). The number of nitrogens with one attached hydrogen (secondary N) is 1. The van der Waals surface area contributed by atoms with Crippen LogP contribution in [0.15, 0.2) is 83.8 Å². The Balaban J connectivity index is 2.02. The number of aryl methyl sites for hydroxylation is 1. The SMILES string of the molecule is CCNC(=O)C(CC)N(Cc1ccc(OC)cc1)C(=O)CN(c1ccccc1)S(=O)(=O)c1ccc(C)cc1. The maximum Gasteiger partial charge on any atom is 0.264 e. The summed E-state index contributed by atoms with van der Waals surface area (Å²) in [4.78, 5) is 28.4. The van der Waals surface area contributed by atoms with Crippen molar-refractivity contribution in [2.45, 2.75) is 44.7 Å². The lowest BCUT2D eigenvalue weighted by atomic mass is 10.1. The summed E-state index contributed by atoms with van der Waals surface area (Å²) in [5.74, 6) is -0.107. The summed E-state index contributed by atoms with van der Waals surface area (Å²) in [5.41, 5.74) is 2.07. The van der Waals surface area contributed by atoms with Crippen molar-refractivity contribution in [3.8, 4) is 5.75 Å². The fraction of sp³-hybridized carbons (Fsp3) is 0.310. The third-order valence-corrected chi connectivity index (χ3v) is 7.97. The van der Waals surface area contributed by atoms with Crippen LogP contribution in [-0.2, 0) is 26.2 Å². The fourth-order valence-electron chi connectivity index (χ4n) is 4.10. The molecule has 0 radical (unpaired) electrons. The molecule has 0 aliphatic carbocycles. The number of nitrogens with zero attached hydrogens (tertiary/aromatic N) is 2. The van der Waals surface area contributed by atoms with E-state index in [1.54, 1.807) is 61.7 Å². The van der Waals surface area contributed by atoms with Gasteiger partial charge in [-0.15, -0.1) is 0 Å². The number of para-hydroxylation sites is 1. The van der Waals surface area contributed by atoms with Crippen LogP contribution >= 0.6 is 0 Å². The van der Waals surface area contributed by atoms with Crippen LogP contribution in [0.1, 0.15) is 31.4 Å². The highest BCUT2D eigenvalue weighted by atomic mass is 32.2. The Morgan fingerprint density at radius 1 is 0.921 bits per heavy atom. The third-order valence-electron chi connectivity index (χ3n) is 6.18. The number of hydrogen-bond acceptors (Lipinski definition) is 5. The number of ether oxygens (including phenoxy) is 1. The van der Waals surface area contributed by atoms with E-state index in [9.17, 15) is 18.0 Å². The van der Waals surface area contributed by atoms with E-state index in [1.165, 1.54) is 17.0 Å². The monoisotopic (exact) mass is 537 g/mol. The largest absolute Gasteiger partial charge is 0.497 e. The van der Waals surface area contributed by atoms with Crippen molar-refractivity contribution < 1.29 is 22.7 Å². The molecule has 0 heterocycles. The minimum atomic E-state index is -4.08. The van der Waals surface area contributed by atoms with E-state index in [2.05, 4.69) is 5.32 Å². The lowest BCUT2D eigenvalue weighted by Gasteiger charge is -2.33. The summed E-state index contributed by atoms with van der Waals surface area (Å²) in [6.07, 6.45) is 0.365. The molecule has 0 aliphatic rings. The van der Waals surface area contributed by atoms with Crippen LogP contribution in [0.5, 0.6) is 5.75 Å². The molecule has 1 unspecified atom stereocenters. The number of benzene rings is 3. The Hall–Kier alpha value is -3.85. The first-order valence-corrected chi connectivity index (χ1v) is 14.0. The Morgan fingerprint density at radius 2 is 1.55 bits per heavy atom. The molecule has 1 atom stereocenters. The topological polar surface area (TPSA) is 96.0 Å². The molecule has 0 spiro atoms. The van der Waals surface area contributed by atoms with Gasteiger partial charge in [-0.3, -0.25) is 13.9 Å². The van der Waals surface area contributed by atoms with Crippen molar-refractivity contribution in [2.24, 2.45) is 0 Å². The van der Waals surface area contributed by atoms with Gasteiger partial charge in [0, 0.05) is 13.1 Å². The van der Waals surface area contributed by atoms with Gasteiger partial charge >= 0.3 is 0 Å². The molecule has 3 aromatic rings. The van der Waals surface area contributed by atoms with Crippen LogP contribution in [0.25, 0.3) is 0 Å². The first-order chi connectivity index (χ1) is 18.2. The second-order valence-electron chi connectivity index (χ2n) is 8.85. The van der Waals surface area contributed by atoms with Crippen LogP contribution in [-0.4, -0.2) is 51.4 Å². The number of anilines is 1. The lowest BCUT2D eigenvalue weighted by molar-refractivity contribution is -0.140. The minimum absolute atomic E-state index is 0.0808. The van der Waals surface area contributed by atoms with Gasteiger partial charge in [-0.25, -0.2) is 8.42 Å². The van der Waals surface area contributed by atoms with Crippen LogP contribution < -0.4 is 14.4 Å². The Morgan fingerprint density at radius 3 is 2.11 bits per heavy atom. The highest BCUT2D eigenvalue weighted by Gasteiger charge is 2.33. The molecule has 1 N–H and O–H groups in total. The molecule has 202 valence electrons. The zero-order chi connectivity index (χ0) is 27.7. The second kappa shape index (κ2) is 13.1. The van der Waals surface area contributed by atoms with Gasteiger partial charge < -0.3 is 15.0 Å². The smallest absolute Gasteiger partial charge is 0.264 e. The molecule has 0 aliphatic heterocycles. The number of carbonyl (C=O) groups excluding carboxylic acids is 2. The fourth-order valence-corrected chi connectivity index (χ4v) is 5.51. The summed E-state index contributed by atoms with van der Waals surface area (Å²) in [7, 11) is -2.51. The summed E-state index contributed by atoms with van der Waals surface area (Å²) < 4.78 is 33.9. The van der Waals surface area contributed by atoms with Crippen LogP contribution in [0.4, 0.5) is 5.69 Å².